The summed E-state index contributed by atoms with van der Waals surface area (Å²) in [5.74, 6) is -0.389. The van der Waals surface area contributed by atoms with Gasteiger partial charge in [-0.1, -0.05) is 48.5 Å². The quantitative estimate of drug-likeness (QED) is 0.363. The zero-order valence-electron chi connectivity index (χ0n) is 15.2. The standard InChI is InChI=1S/C21H17N3O5/c25-19-12-15(10-11-18(19)24(27)28)13-22-23-21(26)14-29-20-9-5-4-8-17(20)16-6-2-1-3-7-16/h1-13,25H,14H2,(H,23,26)/b22-13-. The first-order chi connectivity index (χ1) is 14.0. The van der Waals surface area contributed by atoms with Gasteiger partial charge >= 0.3 is 5.69 Å². The van der Waals surface area contributed by atoms with Crippen LogP contribution in [0.2, 0.25) is 0 Å². The van der Waals surface area contributed by atoms with Gasteiger partial charge in [-0.15, -0.1) is 0 Å². The number of nitro benzene ring substituents is 1. The molecule has 0 aliphatic carbocycles. The molecule has 146 valence electrons. The fourth-order valence-corrected chi connectivity index (χ4v) is 2.58. The lowest BCUT2D eigenvalue weighted by Crippen LogP contribution is -2.24. The predicted molar refractivity (Wildman–Crippen MR) is 108 cm³/mol. The number of phenols is 1. The lowest BCUT2D eigenvalue weighted by Gasteiger charge is -2.10. The van der Waals surface area contributed by atoms with Gasteiger partial charge in [-0.05, 0) is 29.3 Å². The Balaban J connectivity index is 1.58. The molecule has 0 spiro atoms. The Morgan fingerprint density at radius 3 is 2.55 bits per heavy atom. The van der Waals surface area contributed by atoms with Crippen molar-refractivity contribution in [2.45, 2.75) is 0 Å². The van der Waals surface area contributed by atoms with Gasteiger partial charge in [0.2, 0.25) is 0 Å². The van der Waals surface area contributed by atoms with Gasteiger partial charge in [0.1, 0.15) is 5.75 Å². The van der Waals surface area contributed by atoms with Gasteiger partial charge in [-0.2, -0.15) is 5.10 Å². The molecule has 0 atom stereocenters. The number of hydrogen-bond acceptors (Lipinski definition) is 6. The highest BCUT2D eigenvalue weighted by molar-refractivity contribution is 5.84. The van der Waals surface area contributed by atoms with E-state index in [4.69, 9.17) is 4.74 Å². The van der Waals surface area contributed by atoms with Gasteiger partial charge in [0.25, 0.3) is 5.91 Å². The second-order valence-electron chi connectivity index (χ2n) is 5.95. The highest BCUT2D eigenvalue weighted by atomic mass is 16.6. The van der Waals surface area contributed by atoms with Gasteiger partial charge < -0.3 is 9.84 Å². The van der Waals surface area contributed by atoms with Crippen LogP contribution in [0.1, 0.15) is 5.56 Å². The Bertz CT molecular complexity index is 1050. The van der Waals surface area contributed by atoms with E-state index in [0.717, 1.165) is 17.2 Å². The Kier molecular flexibility index (Phi) is 6.16. The van der Waals surface area contributed by atoms with E-state index in [1.54, 1.807) is 6.07 Å². The number of phenolic OH excluding ortho intramolecular Hbond substituents is 1. The van der Waals surface area contributed by atoms with Crippen molar-refractivity contribution in [3.63, 3.8) is 0 Å². The molecular weight excluding hydrogens is 374 g/mol. The minimum Gasteiger partial charge on any atom is -0.502 e. The van der Waals surface area contributed by atoms with Gasteiger partial charge in [-0.3, -0.25) is 14.9 Å². The molecule has 0 saturated heterocycles. The van der Waals surface area contributed by atoms with Gasteiger partial charge in [-0.25, -0.2) is 5.43 Å². The number of rotatable bonds is 7. The normalized spacial score (nSPS) is 10.6. The number of carbonyl (C=O) groups is 1. The highest BCUT2D eigenvalue weighted by Crippen LogP contribution is 2.29. The van der Waals surface area contributed by atoms with Crippen LogP contribution in [0.3, 0.4) is 0 Å². The van der Waals surface area contributed by atoms with Crippen LogP contribution in [0.15, 0.2) is 77.9 Å². The molecule has 8 nitrogen and oxygen atoms in total. The summed E-state index contributed by atoms with van der Waals surface area (Å²) in [5, 5.41) is 24.0. The lowest BCUT2D eigenvalue weighted by atomic mass is 10.1. The zero-order chi connectivity index (χ0) is 20.6. The van der Waals surface area contributed by atoms with Crippen LogP contribution in [0.25, 0.3) is 11.1 Å². The summed E-state index contributed by atoms with van der Waals surface area (Å²) in [7, 11) is 0. The average Bonchev–Trinajstić information content (AvgIpc) is 2.73. The molecule has 3 rings (SSSR count). The van der Waals surface area contributed by atoms with E-state index in [0.29, 0.717) is 11.3 Å². The largest absolute Gasteiger partial charge is 0.502 e. The summed E-state index contributed by atoms with van der Waals surface area (Å²) < 4.78 is 5.62. The summed E-state index contributed by atoms with van der Waals surface area (Å²) in [4.78, 5) is 22.0. The molecule has 1 amide bonds. The molecule has 0 heterocycles. The molecule has 0 unspecified atom stereocenters. The number of ether oxygens (including phenoxy) is 1. The Morgan fingerprint density at radius 2 is 1.83 bits per heavy atom. The van der Waals surface area contributed by atoms with Crippen molar-refractivity contribution in [2.75, 3.05) is 6.61 Å². The second-order valence-corrected chi connectivity index (χ2v) is 5.95. The molecule has 3 aromatic rings. The molecule has 0 bridgehead atoms. The predicted octanol–water partition coefficient (Wildman–Crippen LogP) is 3.50. The zero-order valence-corrected chi connectivity index (χ0v) is 15.2. The number of amides is 1. The number of benzene rings is 3. The molecule has 0 saturated carbocycles. The van der Waals surface area contributed by atoms with Crippen molar-refractivity contribution in [1.82, 2.24) is 5.43 Å². The lowest BCUT2D eigenvalue weighted by molar-refractivity contribution is -0.385. The molecule has 2 N–H and O–H groups in total. The third-order valence-corrected chi connectivity index (χ3v) is 3.93. The first-order valence-corrected chi connectivity index (χ1v) is 8.61. The van der Waals surface area contributed by atoms with Crippen LogP contribution in [-0.2, 0) is 4.79 Å². The maximum absolute atomic E-state index is 12.0. The van der Waals surface area contributed by atoms with E-state index in [2.05, 4.69) is 10.5 Å². The van der Waals surface area contributed by atoms with E-state index < -0.39 is 22.3 Å². The monoisotopic (exact) mass is 391 g/mol. The van der Waals surface area contributed by atoms with Crippen molar-refractivity contribution < 1.29 is 19.6 Å². The number of nitrogens with one attached hydrogen (secondary N) is 1. The number of nitrogens with zero attached hydrogens (tertiary/aromatic N) is 2. The van der Waals surface area contributed by atoms with Crippen LogP contribution < -0.4 is 10.2 Å². The average molecular weight is 391 g/mol. The molecule has 0 aliphatic heterocycles. The Morgan fingerprint density at radius 1 is 1.10 bits per heavy atom. The van der Waals surface area contributed by atoms with E-state index in [9.17, 15) is 20.0 Å². The molecular formula is C21H17N3O5. The first kappa shape index (κ1) is 19.6. The summed E-state index contributed by atoms with van der Waals surface area (Å²) in [6.07, 6.45) is 1.26. The van der Waals surface area contributed by atoms with Crippen molar-refractivity contribution in [1.29, 1.82) is 0 Å². The topological polar surface area (TPSA) is 114 Å². The molecule has 0 aliphatic rings. The number of hydrazone groups is 1. The molecule has 3 aromatic carbocycles. The summed E-state index contributed by atoms with van der Waals surface area (Å²) in [5.41, 5.74) is 4.13. The SMILES string of the molecule is O=C(COc1ccccc1-c1ccccc1)N/N=C\c1ccc([N+](=O)[O-])c(O)c1. The summed E-state index contributed by atoms with van der Waals surface area (Å²) in [6, 6.07) is 20.8. The van der Waals surface area contributed by atoms with Crippen LogP contribution in [0.4, 0.5) is 5.69 Å². The van der Waals surface area contributed by atoms with Crippen molar-refractivity contribution in [3.05, 3.63) is 88.5 Å². The number of aromatic hydroxyl groups is 1. The highest BCUT2D eigenvalue weighted by Gasteiger charge is 2.12. The van der Waals surface area contributed by atoms with E-state index in [-0.39, 0.29) is 6.61 Å². The number of nitro groups is 1. The maximum atomic E-state index is 12.0. The number of para-hydroxylation sites is 1. The summed E-state index contributed by atoms with van der Waals surface area (Å²) in [6.45, 7) is -0.243. The van der Waals surface area contributed by atoms with Crippen molar-refractivity contribution >= 4 is 17.8 Å². The van der Waals surface area contributed by atoms with Gasteiger partial charge in [0.05, 0.1) is 11.1 Å². The number of carbonyl (C=O) groups excluding carboxylic acids is 1. The van der Waals surface area contributed by atoms with Crippen LogP contribution in [-0.4, -0.2) is 28.8 Å². The minimum atomic E-state index is -0.692. The first-order valence-electron chi connectivity index (χ1n) is 8.61. The van der Waals surface area contributed by atoms with E-state index in [1.807, 2.05) is 48.5 Å². The third-order valence-electron chi connectivity index (χ3n) is 3.93. The molecule has 29 heavy (non-hydrogen) atoms. The fraction of sp³-hybridized carbons (Fsp3) is 0.0476. The Labute approximate surface area is 166 Å². The molecule has 8 heteroatoms. The van der Waals surface area contributed by atoms with E-state index in [1.165, 1.54) is 18.3 Å². The van der Waals surface area contributed by atoms with Gasteiger partial charge in [0.15, 0.2) is 12.4 Å². The third kappa shape index (κ3) is 5.16. The van der Waals surface area contributed by atoms with Crippen LogP contribution >= 0.6 is 0 Å². The molecule has 0 fully saturated rings. The maximum Gasteiger partial charge on any atom is 0.310 e. The second kappa shape index (κ2) is 9.14. The molecule has 0 aromatic heterocycles. The van der Waals surface area contributed by atoms with Crippen LogP contribution in [0, 0.1) is 10.1 Å². The fourth-order valence-electron chi connectivity index (χ4n) is 2.58. The minimum absolute atomic E-state index is 0.243. The molecule has 0 radical (unpaired) electrons. The van der Waals surface area contributed by atoms with Crippen molar-refractivity contribution in [3.8, 4) is 22.6 Å². The van der Waals surface area contributed by atoms with E-state index >= 15 is 0 Å². The summed E-state index contributed by atoms with van der Waals surface area (Å²) >= 11 is 0. The number of hydrogen-bond donors (Lipinski definition) is 2. The van der Waals surface area contributed by atoms with Crippen molar-refractivity contribution in [2.24, 2.45) is 5.10 Å². The van der Waals surface area contributed by atoms with Crippen LogP contribution in [0.5, 0.6) is 11.5 Å². The Hall–Kier alpha value is -4.20. The van der Waals surface area contributed by atoms with Gasteiger partial charge in [0, 0.05) is 11.6 Å². The smallest absolute Gasteiger partial charge is 0.310 e.